The summed E-state index contributed by atoms with van der Waals surface area (Å²) in [5.74, 6) is 0.330. The quantitative estimate of drug-likeness (QED) is 0.832. The van der Waals surface area contributed by atoms with Crippen LogP contribution in [0.3, 0.4) is 0 Å². The van der Waals surface area contributed by atoms with Gasteiger partial charge >= 0.3 is 5.97 Å². The second-order valence-corrected chi connectivity index (χ2v) is 5.13. The molecule has 2 aromatic rings. The van der Waals surface area contributed by atoms with Gasteiger partial charge in [0.05, 0.1) is 0 Å². The van der Waals surface area contributed by atoms with E-state index < -0.39 is 12.0 Å². The molecule has 0 saturated carbocycles. The van der Waals surface area contributed by atoms with E-state index in [1.54, 1.807) is 11.8 Å². The second kappa shape index (κ2) is 6.84. The maximum absolute atomic E-state index is 11.5. The van der Waals surface area contributed by atoms with E-state index in [9.17, 15) is 9.90 Å². The lowest BCUT2D eigenvalue weighted by Gasteiger charge is -2.16. The van der Waals surface area contributed by atoms with Gasteiger partial charge in [-0.3, -0.25) is 0 Å². The Bertz CT molecular complexity index is 646. The van der Waals surface area contributed by atoms with Crippen molar-refractivity contribution in [1.82, 2.24) is 15.0 Å². The monoisotopic (exact) mass is 301 g/mol. The zero-order valence-electron chi connectivity index (χ0n) is 12.8. The van der Waals surface area contributed by atoms with Gasteiger partial charge in [-0.05, 0) is 12.5 Å². The SMILES string of the molecule is Cc1nc(N[C@H](Cc2ccccc2)C(=O)O)nc(N(C)C)n1. The number of hydrogen-bond acceptors (Lipinski definition) is 6. The van der Waals surface area contributed by atoms with Crippen molar-refractivity contribution in [2.45, 2.75) is 19.4 Å². The number of benzene rings is 1. The number of aryl methyl sites for hydroxylation is 1. The summed E-state index contributed by atoms with van der Waals surface area (Å²) in [6.07, 6.45) is 0.345. The van der Waals surface area contributed by atoms with Gasteiger partial charge in [0.1, 0.15) is 11.9 Å². The Hall–Kier alpha value is -2.70. The minimum absolute atomic E-state index is 0.263. The van der Waals surface area contributed by atoms with Gasteiger partial charge in [-0.2, -0.15) is 15.0 Å². The lowest BCUT2D eigenvalue weighted by molar-refractivity contribution is -0.137. The van der Waals surface area contributed by atoms with E-state index in [1.807, 2.05) is 44.4 Å². The summed E-state index contributed by atoms with van der Waals surface area (Å²) in [6, 6.07) is 8.63. The van der Waals surface area contributed by atoms with Gasteiger partial charge in [0.2, 0.25) is 11.9 Å². The van der Waals surface area contributed by atoms with Crippen molar-refractivity contribution >= 4 is 17.9 Å². The Balaban J connectivity index is 2.19. The van der Waals surface area contributed by atoms with E-state index in [4.69, 9.17) is 0 Å². The average Bonchev–Trinajstić information content (AvgIpc) is 2.47. The topological polar surface area (TPSA) is 91.2 Å². The minimum Gasteiger partial charge on any atom is -0.480 e. The molecule has 1 aromatic carbocycles. The van der Waals surface area contributed by atoms with Gasteiger partial charge in [0.25, 0.3) is 0 Å². The van der Waals surface area contributed by atoms with Crippen LogP contribution in [0.15, 0.2) is 30.3 Å². The highest BCUT2D eigenvalue weighted by molar-refractivity contribution is 5.77. The fourth-order valence-corrected chi connectivity index (χ4v) is 1.94. The van der Waals surface area contributed by atoms with Crippen LogP contribution in [0, 0.1) is 6.92 Å². The van der Waals surface area contributed by atoms with Crippen LogP contribution in [0.25, 0.3) is 0 Å². The summed E-state index contributed by atoms with van der Waals surface area (Å²) < 4.78 is 0. The Morgan fingerprint density at radius 3 is 2.50 bits per heavy atom. The summed E-state index contributed by atoms with van der Waals surface area (Å²) in [7, 11) is 3.63. The highest BCUT2D eigenvalue weighted by Gasteiger charge is 2.19. The molecule has 2 N–H and O–H groups in total. The number of aliphatic carboxylic acids is 1. The summed E-state index contributed by atoms with van der Waals surface area (Å²) >= 11 is 0. The van der Waals surface area contributed by atoms with Crippen molar-refractivity contribution < 1.29 is 9.90 Å². The molecule has 0 unspecified atom stereocenters. The van der Waals surface area contributed by atoms with E-state index >= 15 is 0 Å². The van der Waals surface area contributed by atoms with E-state index in [2.05, 4.69) is 20.3 Å². The third kappa shape index (κ3) is 4.15. The Kier molecular flexibility index (Phi) is 4.88. The van der Waals surface area contributed by atoms with Gasteiger partial charge in [-0.25, -0.2) is 4.79 Å². The van der Waals surface area contributed by atoms with Crippen LogP contribution in [-0.4, -0.2) is 46.2 Å². The second-order valence-electron chi connectivity index (χ2n) is 5.13. The summed E-state index contributed by atoms with van der Waals surface area (Å²) in [5, 5.41) is 12.3. The van der Waals surface area contributed by atoms with E-state index in [0.29, 0.717) is 18.2 Å². The maximum atomic E-state index is 11.5. The van der Waals surface area contributed by atoms with Gasteiger partial charge in [-0.15, -0.1) is 0 Å². The zero-order chi connectivity index (χ0) is 16.1. The number of carbonyl (C=O) groups is 1. The molecule has 1 aromatic heterocycles. The number of nitrogens with one attached hydrogen (secondary N) is 1. The number of carboxylic acids is 1. The minimum atomic E-state index is -0.951. The molecule has 0 bridgehead atoms. The van der Waals surface area contributed by atoms with Gasteiger partial charge in [-0.1, -0.05) is 30.3 Å². The molecule has 7 heteroatoms. The number of nitrogens with zero attached hydrogens (tertiary/aromatic N) is 4. The molecule has 0 aliphatic heterocycles. The third-order valence-corrected chi connectivity index (χ3v) is 3.02. The Labute approximate surface area is 129 Å². The predicted molar refractivity (Wildman–Crippen MR) is 84.1 cm³/mol. The number of carboxylic acid groups (broad SMARTS) is 1. The van der Waals surface area contributed by atoms with Gasteiger partial charge < -0.3 is 15.3 Å². The third-order valence-electron chi connectivity index (χ3n) is 3.02. The van der Waals surface area contributed by atoms with E-state index in [1.165, 1.54) is 0 Å². The molecule has 0 aliphatic carbocycles. The van der Waals surface area contributed by atoms with Crippen LogP contribution in [-0.2, 0) is 11.2 Å². The molecular formula is C15H19N5O2. The number of aromatic nitrogens is 3. The largest absolute Gasteiger partial charge is 0.480 e. The molecule has 7 nitrogen and oxygen atoms in total. The molecule has 22 heavy (non-hydrogen) atoms. The first kappa shape index (κ1) is 15.7. The molecule has 0 fully saturated rings. The maximum Gasteiger partial charge on any atom is 0.326 e. The summed E-state index contributed by atoms with van der Waals surface area (Å²) in [5.41, 5.74) is 0.931. The molecule has 1 heterocycles. The van der Waals surface area contributed by atoms with Gasteiger partial charge in [0.15, 0.2) is 0 Å². The summed E-state index contributed by atoms with van der Waals surface area (Å²) in [4.78, 5) is 25.8. The molecular weight excluding hydrogens is 282 g/mol. The molecule has 2 rings (SSSR count). The molecule has 0 aliphatic rings. The average molecular weight is 301 g/mol. The van der Waals surface area contributed by atoms with Crippen LogP contribution in [0.2, 0.25) is 0 Å². The molecule has 0 spiro atoms. The van der Waals surface area contributed by atoms with Crippen LogP contribution in [0.4, 0.5) is 11.9 Å². The van der Waals surface area contributed by atoms with Crippen LogP contribution in [0.1, 0.15) is 11.4 Å². The standard InChI is InChI=1S/C15H19N5O2/c1-10-16-14(19-15(17-10)20(2)3)18-12(13(21)22)9-11-7-5-4-6-8-11/h4-8,12H,9H2,1-3H3,(H,21,22)(H,16,17,18,19)/t12-/m1/s1. The van der Waals surface area contributed by atoms with E-state index in [-0.39, 0.29) is 5.95 Å². The van der Waals surface area contributed by atoms with Crippen LogP contribution in [0.5, 0.6) is 0 Å². The lowest BCUT2D eigenvalue weighted by Crippen LogP contribution is -2.32. The molecule has 0 amide bonds. The fraction of sp³-hybridized carbons (Fsp3) is 0.333. The van der Waals surface area contributed by atoms with Crippen molar-refractivity contribution in [1.29, 1.82) is 0 Å². The predicted octanol–water partition coefficient (Wildman–Crippen LogP) is 1.35. The molecule has 0 radical (unpaired) electrons. The first-order valence-electron chi connectivity index (χ1n) is 6.89. The van der Waals surface area contributed by atoms with Crippen molar-refractivity contribution in [2.24, 2.45) is 0 Å². The van der Waals surface area contributed by atoms with Crippen molar-refractivity contribution in [3.8, 4) is 0 Å². The van der Waals surface area contributed by atoms with Gasteiger partial charge in [0, 0.05) is 20.5 Å². The van der Waals surface area contributed by atoms with Crippen LogP contribution < -0.4 is 10.2 Å². The van der Waals surface area contributed by atoms with Crippen molar-refractivity contribution in [3.05, 3.63) is 41.7 Å². The van der Waals surface area contributed by atoms with Crippen LogP contribution >= 0.6 is 0 Å². The Morgan fingerprint density at radius 2 is 1.91 bits per heavy atom. The number of anilines is 2. The lowest BCUT2D eigenvalue weighted by atomic mass is 10.1. The first-order valence-corrected chi connectivity index (χ1v) is 6.89. The van der Waals surface area contributed by atoms with E-state index in [0.717, 1.165) is 5.56 Å². The molecule has 0 saturated heterocycles. The van der Waals surface area contributed by atoms with Crippen molar-refractivity contribution in [2.75, 3.05) is 24.3 Å². The van der Waals surface area contributed by atoms with Crippen molar-refractivity contribution in [3.63, 3.8) is 0 Å². The smallest absolute Gasteiger partial charge is 0.326 e. The highest BCUT2D eigenvalue weighted by atomic mass is 16.4. The summed E-state index contributed by atoms with van der Waals surface area (Å²) in [6.45, 7) is 1.74. The fourth-order valence-electron chi connectivity index (χ4n) is 1.94. The number of hydrogen-bond donors (Lipinski definition) is 2. The normalized spacial score (nSPS) is 11.8. The molecule has 116 valence electrons. The first-order chi connectivity index (χ1) is 10.5. The highest BCUT2D eigenvalue weighted by Crippen LogP contribution is 2.11. The Morgan fingerprint density at radius 1 is 1.23 bits per heavy atom. The zero-order valence-corrected chi connectivity index (χ0v) is 12.8. The number of rotatable bonds is 6. The molecule has 1 atom stereocenters.